The summed E-state index contributed by atoms with van der Waals surface area (Å²) < 4.78 is 4.34. The second kappa shape index (κ2) is 4.74. The maximum absolute atomic E-state index is 2.48. The second-order valence-electron chi connectivity index (χ2n) is 7.77. The van der Waals surface area contributed by atoms with Crippen LogP contribution in [0.2, 0.25) is 4.31 Å². The summed E-state index contributed by atoms with van der Waals surface area (Å²) in [6.45, 7) is 0. The Morgan fingerprint density at radius 3 is 1.62 bits per heavy atom. The molecule has 0 saturated heterocycles. The summed E-state index contributed by atoms with van der Waals surface area (Å²) in [6.07, 6.45) is 26.3. The SMILES string of the molecule is C1=CC[C]([Fe]([C]2=CC=CC2)[C]23CC4CC(CC(C4)C2)C3)=C1. The Hall–Kier alpha value is -0.521. The van der Waals surface area contributed by atoms with Crippen LogP contribution in [-0.4, -0.2) is 0 Å². The molecule has 0 spiro atoms. The first-order valence-corrected chi connectivity index (χ1v) is 10.4. The quantitative estimate of drug-likeness (QED) is 0.587. The normalized spacial score (nSPS) is 43.4. The summed E-state index contributed by atoms with van der Waals surface area (Å²) in [4.78, 5) is 0. The topological polar surface area (TPSA) is 0 Å². The van der Waals surface area contributed by atoms with Crippen LogP contribution in [0.3, 0.4) is 0 Å². The van der Waals surface area contributed by atoms with Crippen LogP contribution in [0.4, 0.5) is 0 Å². The van der Waals surface area contributed by atoms with Crippen LogP contribution < -0.4 is 0 Å². The van der Waals surface area contributed by atoms with E-state index in [2.05, 4.69) is 36.5 Å². The molecule has 0 aromatic carbocycles. The Morgan fingerprint density at radius 2 is 1.24 bits per heavy atom. The van der Waals surface area contributed by atoms with Crippen molar-refractivity contribution in [2.45, 2.75) is 55.7 Å². The monoisotopic (exact) mass is 321 g/mol. The Kier molecular flexibility index (Phi) is 2.92. The zero-order valence-corrected chi connectivity index (χ0v) is 13.8. The Morgan fingerprint density at radius 1 is 0.762 bits per heavy atom. The summed E-state index contributed by atoms with van der Waals surface area (Å²) >= 11 is -0.268. The van der Waals surface area contributed by atoms with Crippen molar-refractivity contribution in [1.82, 2.24) is 0 Å². The molecule has 0 aliphatic heterocycles. The van der Waals surface area contributed by atoms with Crippen molar-refractivity contribution in [1.29, 1.82) is 0 Å². The van der Waals surface area contributed by atoms with Gasteiger partial charge in [0.05, 0.1) is 0 Å². The zero-order chi connectivity index (χ0) is 13.9. The molecule has 113 valence electrons. The van der Waals surface area contributed by atoms with Crippen molar-refractivity contribution < 1.29 is 13.9 Å². The van der Waals surface area contributed by atoms with Gasteiger partial charge in [0.1, 0.15) is 0 Å². The fraction of sp³-hybridized carbons (Fsp3) is 0.600. The molecule has 0 radical (unpaired) electrons. The van der Waals surface area contributed by atoms with Gasteiger partial charge in [0.25, 0.3) is 0 Å². The van der Waals surface area contributed by atoms with Gasteiger partial charge in [-0.05, 0) is 0 Å². The molecule has 0 nitrogen and oxygen atoms in total. The number of hydrogen-bond donors (Lipinski definition) is 0. The van der Waals surface area contributed by atoms with Gasteiger partial charge in [0.15, 0.2) is 0 Å². The van der Waals surface area contributed by atoms with Crippen LogP contribution in [0.1, 0.15) is 51.4 Å². The first-order chi connectivity index (χ1) is 10.3. The molecule has 0 aromatic rings. The molecule has 21 heavy (non-hydrogen) atoms. The fourth-order valence-corrected chi connectivity index (χ4v) is 10.8. The molecule has 4 bridgehead atoms. The second-order valence-corrected chi connectivity index (χ2v) is 11.2. The number of allylic oxidation sites excluding steroid dienone is 8. The van der Waals surface area contributed by atoms with E-state index in [1.807, 2.05) is 8.94 Å². The van der Waals surface area contributed by atoms with Crippen molar-refractivity contribution in [3.63, 3.8) is 0 Å². The standard InChI is InChI=1S/C10H15.2C5H5.Fe/c1-7-2-9-4-8(1)5-10(3-7)6-9;2*1-2-4-5-3-1;/h7-9H,1-6H2;2*1-3H,4H2;. The summed E-state index contributed by atoms with van der Waals surface area (Å²) in [7, 11) is 0. The Labute approximate surface area is 133 Å². The molecular formula is C20H25Fe. The molecule has 0 amide bonds. The third-order valence-electron chi connectivity index (χ3n) is 6.21. The average Bonchev–Trinajstić information content (AvgIpc) is 3.10. The van der Waals surface area contributed by atoms with E-state index in [4.69, 9.17) is 0 Å². The van der Waals surface area contributed by atoms with Crippen molar-refractivity contribution in [2.24, 2.45) is 17.8 Å². The molecule has 6 rings (SSSR count). The predicted molar refractivity (Wildman–Crippen MR) is 84.5 cm³/mol. The van der Waals surface area contributed by atoms with Crippen LogP contribution in [0.5, 0.6) is 0 Å². The minimum atomic E-state index is -0.268. The molecule has 0 unspecified atom stereocenters. The van der Waals surface area contributed by atoms with Crippen LogP contribution in [0.25, 0.3) is 0 Å². The van der Waals surface area contributed by atoms with Crippen molar-refractivity contribution >= 4 is 0 Å². The van der Waals surface area contributed by atoms with Crippen molar-refractivity contribution in [3.8, 4) is 0 Å². The fourth-order valence-electron chi connectivity index (χ4n) is 5.92. The molecule has 6 aliphatic carbocycles. The molecular weight excluding hydrogens is 296 g/mol. The van der Waals surface area contributed by atoms with Gasteiger partial charge in [-0.3, -0.25) is 0 Å². The van der Waals surface area contributed by atoms with Gasteiger partial charge in [0, 0.05) is 0 Å². The van der Waals surface area contributed by atoms with Gasteiger partial charge in [0.2, 0.25) is 0 Å². The van der Waals surface area contributed by atoms with Crippen LogP contribution >= 0.6 is 0 Å². The van der Waals surface area contributed by atoms with E-state index < -0.39 is 0 Å². The van der Waals surface area contributed by atoms with Crippen LogP contribution in [-0.2, 0) is 13.9 Å². The van der Waals surface area contributed by atoms with Gasteiger partial charge < -0.3 is 0 Å². The van der Waals surface area contributed by atoms with E-state index in [0.717, 1.165) is 17.8 Å². The van der Waals surface area contributed by atoms with Crippen molar-refractivity contribution in [2.75, 3.05) is 0 Å². The van der Waals surface area contributed by atoms with E-state index in [9.17, 15) is 0 Å². The van der Waals surface area contributed by atoms with Gasteiger partial charge in [-0.1, -0.05) is 0 Å². The van der Waals surface area contributed by atoms with E-state index in [1.54, 1.807) is 38.5 Å². The third-order valence-corrected chi connectivity index (χ3v) is 10.3. The molecule has 0 atom stereocenters. The summed E-state index contributed by atoms with van der Waals surface area (Å²) in [6, 6.07) is 0. The van der Waals surface area contributed by atoms with Crippen molar-refractivity contribution in [3.05, 3.63) is 45.4 Å². The molecule has 0 heterocycles. The average molecular weight is 321 g/mol. The number of rotatable bonds is 3. The van der Waals surface area contributed by atoms with E-state index in [1.165, 1.54) is 12.8 Å². The first kappa shape index (κ1) is 13.0. The molecule has 4 fully saturated rings. The summed E-state index contributed by atoms with van der Waals surface area (Å²) in [5.41, 5.74) is 0. The predicted octanol–water partition coefficient (Wildman–Crippen LogP) is 5.68. The molecule has 6 aliphatic rings. The Bertz CT molecular complexity index is 509. The molecule has 0 N–H and O–H groups in total. The molecule has 4 saturated carbocycles. The molecule has 1 heteroatoms. The van der Waals surface area contributed by atoms with Gasteiger partial charge >= 0.3 is 133 Å². The van der Waals surface area contributed by atoms with Crippen LogP contribution in [0.15, 0.2) is 45.4 Å². The minimum absolute atomic E-state index is 0.268. The number of hydrogen-bond acceptors (Lipinski definition) is 0. The van der Waals surface area contributed by atoms with Crippen LogP contribution in [0, 0.1) is 17.8 Å². The first-order valence-electron chi connectivity index (χ1n) is 8.70. The van der Waals surface area contributed by atoms with E-state index in [0.29, 0.717) is 4.31 Å². The van der Waals surface area contributed by atoms with Gasteiger partial charge in [-0.2, -0.15) is 0 Å². The van der Waals surface area contributed by atoms with Gasteiger partial charge in [-0.25, -0.2) is 0 Å². The summed E-state index contributed by atoms with van der Waals surface area (Å²) in [5, 5.41) is 0. The van der Waals surface area contributed by atoms with E-state index in [-0.39, 0.29) is 13.9 Å². The van der Waals surface area contributed by atoms with Gasteiger partial charge in [-0.15, -0.1) is 0 Å². The molecule has 0 aromatic heterocycles. The maximum atomic E-state index is 2.48. The third kappa shape index (κ3) is 2.01. The Balaban J connectivity index is 1.55. The summed E-state index contributed by atoms with van der Waals surface area (Å²) in [5.74, 6) is 3.24. The zero-order valence-electron chi connectivity index (χ0n) is 12.7. The van der Waals surface area contributed by atoms with E-state index >= 15 is 0 Å².